The lowest BCUT2D eigenvalue weighted by Crippen LogP contribution is -2.24. The highest BCUT2D eigenvalue weighted by Crippen LogP contribution is 2.30. The molecule has 0 saturated carbocycles. The number of nitrogens with zero attached hydrogens (tertiary/aromatic N) is 3. The van der Waals surface area contributed by atoms with Gasteiger partial charge in [0.1, 0.15) is 5.82 Å². The predicted molar refractivity (Wildman–Crippen MR) is 108 cm³/mol. The SMILES string of the molecule is CC(C)(C)c1ccc(-c2noc(C3CC(=O)N(Cc4ccc(F)cc4)C3)n2)cc1. The second-order valence-corrected chi connectivity index (χ2v) is 8.59. The van der Waals surface area contributed by atoms with Crippen molar-refractivity contribution in [2.45, 2.75) is 45.1 Å². The van der Waals surface area contributed by atoms with Gasteiger partial charge >= 0.3 is 0 Å². The molecule has 150 valence electrons. The standard InChI is InChI=1S/C23H24FN3O2/c1-23(2,3)18-8-6-16(7-9-18)21-25-22(29-26-21)17-12-20(28)27(14-17)13-15-4-10-19(24)11-5-15/h4-11,17H,12-14H2,1-3H3. The predicted octanol–water partition coefficient (Wildman–Crippen LogP) is 4.69. The van der Waals surface area contributed by atoms with E-state index < -0.39 is 0 Å². The van der Waals surface area contributed by atoms with Crippen LogP contribution in [0.25, 0.3) is 11.4 Å². The van der Waals surface area contributed by atoms with E-state index in [1.165, 1.54) is 17.7 Å². The number of carbonyl (C=O) groups excluding carboxylic acids is 1. The second-order valence-electron chi connectivity index (χ2n) is 8.59. The Morgan fingerprint density at radius 2 is 1.79 bits per heavy atom. The zero-order chi connectivity index (χ0) is 20.6. The van der Waals surface area contributed by atoms with Crippen LogP contribution in [0.15, 0.2) is 53.1 Å². The first-order chi connectivity index (χ1) is 13.8. The molecule has 2 heterocycles. The summed E-state index contributed by atoms with van der Waals surface area (Å²) in [5.74, 6) is 0.639. The molecule has 1 aliphatic rings. The van der Waals surface area contributed by atoms with Crippen molar-refractivity contribution in [2.75, 3.05) is 6.54 Å². The molecule has 1 fully saturated rings. The molecule has 1 unspecified atom stereocenters. The number of likely N-dealkylation sites (tertiary alicyclic amines) is 1. The Hall–Kier alpha value is -3.02. The fourth-order valence-corrected chi connectivity index (χ4v) is 3.54. The van der Waals surface area contributed by atoms with E-state index in [0.717, 1.165) is 11.1 Å². The van der Waals surface area contributed by atoms with Crippen LogP contribution in [-0.4, -0.2) is 27.5 Å². The van der Waals surface area contributed by atoms with E-state index >= 15 is 0 Å². The van der Waals surface area contributed by atoms with Crippen molar-refractivity contribution >= 4 is 5.91 Å². The molecular weight excluding hydrogens is 369 g/mol. The average molecular weight is 393 g/mol. The van der Waals surface area contributed by atoms with Gasteiger partial charge in [-0.2, -0.15) is 4.98 Å². The van der Waals surface area contributed by atoms with Crippen LogP contribution < -0.4 is 0 Å². The van der Waals surface area contributed by atoms with E-state index in [0.29, 0.717) is 31.2 Å². The smallest absolute Gasteiger partial charge is 0.232 e. The van der Waals surface area contributed by atoms with Crippen molar-refractivity contribution < 1.29 is 13.7 Å². The van der Waals surface area contributed by atoms with E-state index in [1.807, 2.05) is 12.1 Å². The number of carbonyl (C=O) groups is 1. The van der Waals surface area contributed by atoms with Crippen LogP contribution in [0.5, 0.6) is 0 Å². The molecule has 0 N–H and O–H groups in total. The van der Waals surface area contributed by atoms with E-state index in [2.05, 4.69) is 43.0 Å². The molecule has 0 bridgehead atoms. The first-order valence-corrected chi connectivity index (χ1v) is 9.76. The van der Waals surface area contributed by atoms with Crippen LogP contribution in [0.3, 0.4) is 0 Å². The lowest BCUT2D eigenvalue weighted by atomic mass is 9.87. The number of amides is 1. The van der Waals surface area contributed by atoms with Gasteiger partial charge in [0, 0.05) is 25.1 Å². The summed E-state index contributed by atoms with van der Waals surface area (Å²) in [4.78, 5) is 18.7. The van der Waals surface area contributed by atoms with Gasteiger partial charge in [0.2, 0.25) is 17.6 Å². The summed E-state index contributed by atoms with van der Waals surface area (Å²) in [6.07, 6.45) is 0.339. The maximum absolute atomic E-state index is 13.1. The average Bonchev–Trinajstić information content (AvgIpc) is 3.30. The van der Waals surface area contributed by atoms with Crippen molar-refractivity contribution in [3.63, 3.8) is 0 Å². The molecular formula is C23H24FN3O2. The van der Waals surface area contributed by atoms with Crippen LogP contribution in [0, 0.1) is 5.82 Å². The molecule has 6 heteroatoms. The van der Waals surface area contributed by atoms with Crippen LogP contribution >= 0.6 is 0 Å². The Morgan fingerprint density at radius 3 is 2.45 bits per heavy atom. The molecule has 0 aliphatic carbocycles. The van der Waals surface area contributed by atoms with Gasteiger partial charge in [0.15, 0.2) is 0 Å². The minimum atomic E-state index is -0.284. The third-order valence-electron chi connectivity index (χ3n) is 5.30. The summed E-state index contributed by atoms with van der Waals surface area (Å²) in [5.41, 5.74) is 3.10. The molecule has 1 aromatic heterocycles. The van der Waals surface area contributed by atoms with Gasteiger partial charge in [0.25, 0.3) is 0 Å². The Bertz CT molecular complexity index is 1000. The number of hydrogen-bond donors (Lipinski definition) is 0. The summed E-state index contributed by atoms with van der Waals surface area (Å²) < 4.78 is 18.5. The van der Waals surface area contributed by atoms with E-state index in [-0.39, 0.29) is 23.1 Å². The van der Waals surface area contributed by atoms with Crippen LogP contribution in [0.2, 0.25) is 0 Å². The quantitative estimate of drug-likeness (QED) is 0.645. The van der Waals surface area contributed by atoms with E-state index in [1.54, 1.807) is 17.0 Å². The van der Waals surface area contributed by atoms with Gasteiger partial charge in [-0.1, -0.05) is 62.3 Å². The number of halogens is 1. The fourth-order valence-electron chi connectivity index (χ4n) is 3.54. The van der Waals surface area contributed by atoms with E-state index in [4.69, 9.17) is 4.52 Å². The zero-order valence-corrected chi connectivity index (χ0v) is 16.9. The highest BCUT2D eigenvalue weighted by molar-refractivity contribution is 5.79. The molecule has 5 nitrogen and oxygen atoms in total. The van der Waals surface area contributed by atoms with Crippen molar-refractivity contribution in [3.8, 4) is 11.4 Å². The molecule has 4 rings (SSSR count). The molecule has 1 atom stereocenters. The Labute approximate surface area is 169 Å². The zero-order valence-electron chi connectivity index (χ0n) is 16.9. The second kappa shape index (κ2) is 7.43. The minimum Gasteiger partial charge on any atom is -0.339 e. The molecule has 0 spiro atoms. The summed E-state index contributed by atoms with van der Waals surface area (Å²) in [7, 11) is 0. The van der Waals surface area contributed by atoms with Gasteiger partial charge < -0.3 is 9.42 Å². The number of benzene rings is 2. The monoisotopic (exact) mass is 393 g/mol. The van der Waals surface area contributed by atoms with Gasteiger partial charge in [-0.25, -0.2) is 4.39 Å². The summed E-state index contributed by atoms with van der Waals surface area (Å²) in [6.45, 7) is 7.47. The van der Waals surface area contributed by atoms with Crippen LogP contribution in [0.4, 0.5) is 4.39 Å². The lowest BCUT2D eigenvalue weighted by molar-refractivity contribution is -0.128. The van der Waals surface area contributed by atoms with Gasteiger partial charge in [-0.05, 0) is 28.7 Å². The molecule has 1 amide bonds. The maximum Gasteiger partial charge on any atom is 0.232 e. The van der Waals surface area contributed by atoms with Crippen molar-refractivity contribution in [1.29, 1.82) is 0 Å². The fraction of sp³-hybridized carbons (Fsp3) is 0.348. The molecule has 1 aliphatic heterocycles. The number of rotatable bonds is 4. The van der Waals surface area contributed by atoms with Gasteiger partial charge in [-0.15, -0.1) is 0 Å². The molecule has 0 radical (unpaired) electrons. The Kier molecular flexibility index (Phi) is 4.94. The van der Waals surface area contributed by atoms with Gasteiger partial charge in [0.05, 0.1) is 5.92 Å². The topological polar surface area (TPSA) is 59.2 Å². The lowest BCUT2D eigenvalue weighted by Gasteiger charge is -2.18. The molecule has 2 aromatic carbocycles. The summed E-state index contributed by atoms with van der Waals surface area (Å²) in [5, 5.41) is 4.11. The molecule has 29 heavy (non-hydrogen) atoms. The molecule has 3 aromatic rings. The number of aromatic nitrogens is 2. The third kappa shape index (κ3) is 4.21. The first-order valence-electron chi connectivity index (χ1n) is 9.76. The molecule has 1 saturated heterocycles. The third-order valence-corrected chi connectivity index (χ3v) is 5.30. The summed E-state index contributed by atoms with van der Waals surface area (Å²) >= 11 is 0. The van der Waals surface area contributed by atoms with Crippen molar-refractivity contribution in [2.24, 2.45) is 0 Å². The van der Waals surface area contributed by atoms with Crippen molar-refractivity contribution in [1.82, 2.24) is 15.0 Å². The first kappa shape index (κ1) is 19.3. The largest absolute Gasteiger partial charge is 0.339 e. The minimum absolute atomic E-state index is 0.0357. The van der Waals surface area contributed by atoms with E-state index in [9.17, 15) is 9.18 Å². The number of hydrogen-bond acceptors (Lipinski definition) is 4. The van der Waals surface area contributed by atoms with Gasteiger partial charge in [-0.3, -0.25) is 4.79 Å². The highest BCUT2D eigenvalue weighted by atomic mass is 19.1. The normalized spacial score (nSPS) is 17.2. The van der Waals surface area contributed by atoms with Crippen LogP contribution in [-0.2, 0) is 16.8 Å². The highest BCUT2D eigenvalue weighted by Gasteiger charge is 2.34. The van der Waals surface area contributed by atoms with Crippen molar-refractivity contribution in [3.05, 3.63) is 71.4 Å². The Morgan fingerprint density at radius 1 is 1.10 bits per heavy atom. The Balaban J connectivity index is 1.45. The maximum atomic E-state index is 13.1. The summed E-state index contributed by atoms with van der Waals surface area (Å²) in [6, 6.07) is 14.4. The van der Waals surface area contributed by atoms with Crippen LogP contribution in [0.1, 0.15) is 50.1 Å².